The van der Waals surface area contributed by atoms with Crippen LogP contribution in [0.2, 0.25) is 0 Å². The Morgan fingerprint density at radius 3 is 1.39 bits per heavy atom. The highest BCUT2D eigenvalue weighted by Crippen LogP contribution is 2.51. The van der Waals surface area contributed by atoms with Gasteiger partial charge in [0.25, 0.3) is 6.71 Å². The molecule has 6 heteroatoms. The molecule has 5 heterocycles. The Morgan fingerprint density at radius 1 is 0.361 bits per heavy atom. The van der Waals surface area contributed by atoms with Gasteiger partial charge in [0.1, 0.15) is 22.3 Å². The molecule has 16 rings (SSSR count). The van der Waals surface area contributed by atoms with Crippen molar-refractivity contribution in [3.8, 4) is 27.9 Å². The number of aromatic nitrogens is 1. The maximum atomic E-state index is 6.47. The van der Waals surface area contributed by atoms with Crippen molar-refractivity contribution in [2.45, 2.75) is 74.7 Å². The summed E-state index contributed by atoms with van der Waals surface area (Å²) in [6.45, 7) is 23.0. The fraction of sp³-hybridized carbons (Fsp3) is 0.143. The summed E-state index contributed by atoms with van der Waals surface area (Å²) in [6, 6.07) is 72.6. The molecule has 0 bridgehead atoms. The lowest BCUT2D eigenvalue weighted by atomic mass is 9.33. The van der Waals surface area contributed by atoms with Crippen LogP contribution in [0.3, 0.4) is 0 Å². The van der Waals surface area contributed by atoms with Crippen LogP contribution in [0.25, 0.3) is 93.6 Å². The highest BCUT2D eigenvalue weighted by Gasteiger charge is 2.45. The van der Waals surface area contributed by atoms with E-state index in [4.69, 9.17) is 8.83 Å². The molecule has 0 fully saturated rings. The summed E-state index contributed by atoms with van der Waals surface area (Å²) in [7, 11) is 0. The van der Waals surface area contributed by atoms with Crippen LogP contribution in [-0.4, -0.2) is 11.3 Å². The van der Waals surface area contributed by atoms with Gasteiger partial charge in [0.15, 0.2) is 0 Å². The predicted molar refractivity (Wildman–Crippen MR) is 352 cm³/mol. The molecule has 0 atom stereocenters. The third-order valence-electron chi connectivity index (χ3n) is 18.4. The molecule has 83 heavy (non-hydrogen) atoms. The zero-order valence-corrected chi connectivity index (χ0v) is 48.7. The van der Waals surface area contributed by atoms with Crippen LogP contribution in [0.5, 0.6) is 0 Å². The maximum Gasteiger partial charge on any atom is 0.252 e. The molecule has 3 aromatic heterocycles. The standard InChI is InChI=1S/C77H62BN3O2/c1-43-34-65-73-66(35-43)81(76-48(6)38-51(39-49(76)7)54-26-19-31-70-72(54)57-24-13-16-29-68(57)83-70)64-42-62-58(55-22-11-14-27-61(55)79(62)74-44(2)20-17-21-45(74)3)41-60(64)78(73)59-33-32-52(77(8,9)10)40-63(59)80(65)75-46(4)36-50(37-47(75)5)53-25-18-30-69-71(53)56-23-12-15-28-67(56)82-69/h11-42H,1-10H3. The number of benzene rings is 11. The molecule has 0 amide bonds. The summed E-state index contributed by atoms with van der Waals surface area (Å²) in [5.41, 5.74) is 32.8. The topological polar surface area (TPSA) is 37.7 Å². The monoisotopic (exact) mass is 1070 g/mol. The second kappa shape index (κ2) is 17.7. The van der Waals surface area contributed by atoms with Crippen molar-refractivity contribution >= 4 is 123 Å². The lowest BCUT2D eigenvalue weighted by Crippen LogP contribution is -2.61. The van der Waals surface area contributed by atoms with Crippen molar-refractivity contribution in [3.05, 3.63) is 239 Å². The smallest absolute Gasteiger partial charge is 0.252 e. The van der Waals surface area contributed by atoms with E-state index in [2.05, 4.69) is 278 Å². The second-order valence-corrected chi connectivity index (χ2v) is 24.8. The Hall–Kier alpha value is -9.52. The fourth-order valence-electron chi connectivity index (χ4n) is 14.9. The van der Waals surface area contributed by atoms with Gasteiger partial charge in [-0.2, -0.15) is 0 Å². The zero-order chi connectivity index (χ0) is 56.5. The molecule has 2 aliphatic heterocycles. The van der Waals surface area contributed by atoms with Crippen molar-refractivity contribution < 1.29 is 8.83 Å². The van der Waals surface area contributed by atoms with E-state index in [1.165, 1.54) is 145 Å². The van der Waals surface area contributed by atoms with Gasteiger partial charge in [0.2, 0.25) is 0 Å². The third-order valence-corrected chi connectivity index (χ3v) is 18.4. The number of furan rings is 2. The van der Waals surface area contributed by atoms with Gasteiger partial charge in [-0.05, 0) is 216 Å². The van der Waals surface area contributed by atoms with E-state index in [9.17, 15) is 0 Å². The number of hydrogen-bond donors (Lipinski definition) is 0. The van der Waals surface area contributed by atoms with Crippen molar-refractivity contribution in [2.75, 3.05) is 9.80 Å². The van der Waals surface area contributed by atoms with Crippen LogP contribution in [0, 0.1) is 48.5 Å². The number of nitrogens with zero attached hydrogens (tertiary/aromatic N) is 3. The SMILES string of the molecule is Cc1cc2c3c(c1)N(c1c(C)cc(-c4cccc5oc6ccccc6c45)cc1C)c1cc4c(cc1B3c1ccc(C(C)(C)C)cc1N2c1c(C)cc(-c2cccc3oc5ccccc5c23)cc1C)c1ccccc1n4-c1c(C)cccc1C. The minimum Gasteiger partial charge on any atom is -0.456 e. The van der Waals surface area contributed by atoms with Gasteiger partial charge in [-0.1, -0.05) is 136 Å². The molecular formula is C77H62BN3O2. The van der Waals surface area contributed by atoms with Gasteiger partial charge in [0.05, 0.1) is 28.1 Å². The van der Waals surface area contributed by atoms with Crippen LogP contribution >= 0.6 is 0 Å². The van der Waals surface area contributed by atoms with Crippen LogP contribution in [0.1, 0.15) is 65.3 Å². The summed E-state index contributed by atoms with van der Waals surface area (Å²) >= 11 is 0. The number of aryl methyl sites for hydroxylation is 7. The molecule has 11 aromatic carbocycles. The van der Waals surface area contributed by atoms with Crippen molar-refractivity contribution in [3.63, 3.8) is 0 Å². The van der Waals surface area contributed by atoms with Gasteiger partial charge in [0, 0.05) is 55.1 Å². The first-order valence-corrected chi connectivity index (χ1v) is 29.3. The van der Waals surface area contributed by atoms with Gasteiger partial charge < -0.3 is 23.2 Å². The molecule has 400 valence electrons. The maximum absolute atomic E-state index is 6.47. The van der Waals surface area contributed by atoms with Crippen molar-refractivity contribution in [2.24, 2.45) is 0 Å². The van der Waals surface area contributed by atoms with Crippen LogP contribution in [0.4, 0.5) is 34.1 Å². The van der Waals surface area contributed by atoms with E-state index in [0.717, 1.165) is 43.9 Å². The summed E-state index contributed by atoms with van der Waals surface area (Å²) < 4.78 is 15.5. The van der Waals surface area contributed by atoms with Crippen molar-refractivity contribution in [1.82, 2.24) is 4.57 Å². The number of hydrogen-bond acceptors (Lipinski definition) is 4. The zero-order valence-electron chi connectivity index (χ0n) is 48.7. The van der Waals surface area contributed by atoms with Gasteiger partial charge in [-0.15, -0.1) is 0 Å². The van der Waals surface area contributed by atoms with Gasteiger partial charge in [-0.25, -0.2) is 0 Å². The summed E-state index contributed by atoms with van der Waals surface area (Å²) in [6.07, 6.45) is 0. The lowest BCUT2D eigenvalue weighted by molar-refractivity contribution is 0.590. The molecule has 0 spiro atoms. The molecule has 0 saturated carbocycles. The lowest BCUT2D eigenvalue weighted by Gasteiger charge is -2.46. The Bertz CT molecular complexity index is 5070. The molecular weight excluding hydrogens is 1010 g/mol. The Balaban J connectivity index is 0.987. The summed E-state index contributed by atoms with van der Waals surface area (Å²) in [5.74, 6) is 0. The minimum atomic E-state index is -0.0981. The van der Waals surface area contributed by atoms with E-state index in [0.29, 0.717) is 0 Å². The Labute approximate surface area is 484 Å². The van der Waals surface area contributed by atoms with E-state index >= 15 is 0 Å². The summed E-state index contributed by atoms with van der Waals surface area (Å²) in [4.78, 5) is 5.29. The average molecular weight is 1070 g/mol. The first-order valence-electron chi connectivity index (χ1n) is 29.3. The van der Waals surface area contributed by atoms with Gasteiger partial charge >= 0.3 is 0 Å². The average Bonchev–Trinajstić information content (AvgIpc) is 3.13. The first kappa shape index (κ1) is 49.3. The number of anilines is 6. The Morgan fingerprint density at radius 2 is 0.843 bits per heavy atom. The summed E-state index contributed by atoms with van der Waals surface area (Å²) in [5, 5.41) is 7.07. The van der Waals surface area contributed by atoms with Crippen LogP contribution in [0.15, 0.2) is 203 Å². The first-order chi connectivity index (χ1) is 40.2. The molecule has 0 aliphatic carbocycles. The highest BCUT2D eigenvalue weighted by atomic mass is 16.3. The van der Waals surface area contributed by atoms with E-state index in [-0.39, 0.29) is 12.1 Å². The molecule has 0 unspecified atom stereocenters. The number of fused-ring (bicyclic) bond motifs is 13. The minimum absolute atomic E-state index is 0.0856. The fourth-order valence-corrected chi connectivity index (χ4v) is 14.9. The largest absolute Gasteiger partial charge is 0.456 e. The molecule has 0 N–H and O–H groups in total. The van der Waals surface area contributed by atoms with E-state index in [1.807, 2.05) is 0 Å². The van der Waals surface area contributed by atoms with Crippen LogP contribution < -0.4 is 26.2 Å². The van der Waals surface area contributed by atoms with E-state index in [1.54, 1.807) is 0 Å². The third kappa shape index (κ3) is 7.15. The number of para-hydroxylation sites is 4. The quantitative estimate of drug-likeness (QED) is 0.161. The molecule has 0 radical (unpaired) electrons. The normalized spacial score (nSPS) is 13.1. The number of rotatable bonds is 5. The molecule has 5 nitrogen and oxygen atoms in total. The van der Waals surface area contributed by atoms with Crippen molar-refractivity contribution in [1.29, 1.82) is 0 Å². The van der Waals surface area contributed by atoms with Gasteiger partial charge in [-0.3, -0.25) is 0 Å². The molecule has 2 aliphatic rings. The van der Waals surface area contributed by atoms with Crippen LogP contribution in [-0.2, 0) is 5.41 Å². The predicted octanol–water partition coefficient (Wildman–Crippen LogP) is 19.5. The second-order valence-electron chi connectivity index (χ2n) is 24.8. The Kier molecular flexibility index (Phi) is 10.5. The highest BCUT2D eigenvalue weighted by molar-refractivity contribution is 7.00. The molecule has 14 aromatic rings. The van der Waals surface area contributed by atoms with E-state index < -0.39 is 0 Å². The molecule has 0 saturated heterocycles.